The van der Waals surface area contributed by atoms with Crippen molar-refractivity contribution in [1.29, 1.82) is 0 Å². The average Bonchev–Trinajstić information content (AvgIpc) is 4.04. The number of pyridine rings is 2. The molecule has 18 nitrogen and oxygen atoms in total. The van der Waals surface area contributed by atoms with Gasteiger partial charge < -0.3 is 35.3 Å². The molecule has 368 valence electrons. The number of sulfonamides is 1. The van der Waals surface area contributed by atoms with Crippen LogP contribution in [0.5, 0.6) is 0 Å². The topological polar surface area (TPSA) is 228 Å². The predicted octanol–water partition coefficient (Wildman–Crippen LogP) is 6.04. The van der Waals surface area contributed by atoms with E-state index in [0.717, 1.165) is 127 Å². The van der Waals surface area contributed by atoms with Gasteiger partial charge in [-0.2, -0.15) is 0 Å². The molecule has 0 aromatic carbocycles. The first kappa shape index (κ1) is 48.1. The van der Waals surface area contributed by atoms with E-state index >= 15 is 0 Å². The molecule has 0 spiro atoms. The third-order valence-electron chi connectivity index (χ3n) is 15.0. The number of nitrogens with one attached hydrogen (secondary N) is 3. The zero-order valence-corrected chi connectivity index (χ0v) is 42.8. The summed E-state index contributed by atoms with van der Waals surface area (Å²) in [7, 11) is -1.92. The number of hydrogen-bond donors (Lipinski definition) is 4. The van der Waals surface area contributed by atoms with Crippen LogP contribution in [-0.4, -0.2) is 120 Å². The van der Waals surface area contributed by atoms with Gasteiger partial charge in [0.1, 0.15) is 45.9 Å². The van der Waals surface area contributed by atoms with Crippen LogP contribution in [0.25, 0.3) is 22.1 Å². The number of rotatable bonds is 6. The fourth-order valence-electron chi connectivity index (χ4n) is 11.9. The Labute approximate surface area is 416 Å². The van der Waals surface area contributed by atoms with Crippen LogP contribution < -0.4 is 30.1 Å². The fraction of sp³-hybridized carbons (Fsp3) is 0.522. The van der Waals surface area contributed by atoms with E-state index in [-0.39, 0.29) is 23.9 Å². The van der Waals surface area contributed by atoms with Gasteiger partial charge in [0.2, 0.25) is 19.1 Å². The molecule has 6 aromatic heterocycles. The molecular formula is C46H57Cl3N14O4S2. The van der Waals surface area contributed by atoms with Crippen molar-refractivity contribution in [2.24, 2.45) is 29.4 Å². The summed E-state index contributed by atoms with van der Waals surface area (Å²) in [6.07, 6.45) is 15.6. The van der Waals surface area contributed by atoms with Crippen molar-refractivity contribution in [2.75, 3.05) is 58.3 Å². The van der Waals surface area contributed by atoms with Crippen LogP contribution >= 0.6 is 33.9 Å². The lowest BCUT2D eigenvalue weighted by Gasteiger charge is -2.42. The van der Waals surface area contributed by atoms with Gasteiger partial charge in [-0.25, -0.2) is 51.5 Å². The van der Waals surface area contributed by atoms with Gasteiger partial charge in [-0.3, -0.25) is 0 Å². The van der Waals surface area contributed by atoms with E-state index in [1.807, 2.05) is 30.6 Å². The maximum Gasteiger partial charge on any atom is 0.229 e. The lowest BCUT2D eigenvalue weighted by Crippen LogP contribution is -2.53. The van der Waals surface area contributed by atoms with Crippen LogP contribution in [0, 0.1) is 23.7 Å². The molecule has 69 heavy (non-hydrogen) atoms. The Morgan fingerprint density at radius 3 is 1.49 bits per heavy atom. The summed E-state index contributed by atoms with van der Waals surface area (Å²) >= 11 is 12.7. The van der Waals surface area contributed by atoms with E-state index in [9.17, 15) is 16.8 Å². The van der Waals surface area contributed by atoms with Crippen LogP contribution in [0.1, 0.15) is 62.0 Å². The van der Waals surface area contributed by atoms with E-state index in [4.69, 9.17) is 38.9 Å². The van der Waals surface area contributed by atoms with Crippen molar-refractivity contribution in [3.63, 3.8) is 0 Å². The fourth-order valence-corrected chi connectivity index (χ4v) is 13.2. The van der Waals surface area contributed by atoms with Gasteiger partial charge in [-0.05, 0) is 87.5 Å². The Morgan fingerprint density at radius 2 is 1.07 bits per heavy atom. The van der Waals surface area contributed by atoms with E-state index in [1.165, 1.54) is 24.7 Å². The van der Waals surface area contributed by atoms with Crippen molar-refractivity contribution >= 4 is 98.0 Å². The molecule has 4 bridgehead atoms. The van der Waals surface area contributed by atoms with Crippen LogP contribution in [0.2, 0.25) is 10.3 Å². The molecule has 6 aliphatic rings. The minimum absolute atomic E-state index is 0.0151. The smallest absolute Gasteiger partial charge is 0.229 e. The summed E-state index contributed by atoms with van der Waals surface area (Å²) in [6, 6.07) is 8.93. The maximum atomic E-state index is 11.9. The Balaban J connectivity index is 0.000000147. The SMILES string of the molecule is CS(=O)(=O)Cl.C[C@@H]1Cc2ncnc(N3C[C@H]4CC[C@@H](C3)C4N)c2CN1c1cc(Cl)nc2[nH]ccc12.C[C@@H]1Cc2ncnc(N3C[C@H]4CC[C@@H](C3)C4NS(C)(=O)=O)c2CN1c1cc(Cl)nc2[nH]ccc12. The lowest BCUT2D eigenvalue weighted by molar-refractivity contribution is 0.330. The van der Waals surface area contributed by atoms with Crippen LogP contribution in [-0.2, 0) is 45.0 Å². The number of aromatic amines is 2. The summed E-state index contributed by atoms with van der Waals surface area (Å²) < 4.78 is 45.5. The van der Waals surface area contributed by atoms with E-state index < -0.39 is 19.1 Å². The normalized spacial score (nSPS) is 26.3. The molecule has 2 unspecified atom stereocenters. The van der Waals surface area contributed by atoms with Crippen molar-refractivity contribution in [3.8, 4) is 0 Å². The van der Waals surface area contributed by atoms with Gasteiger partial charge in [0.25, 0.3) is 0 Å². The minimum Gasteiger partial charge on any atom is -0.363 e. The van der Waals surface area contributed by atoms with Gasteiger partial charge in [-0.1, -0.05) is 23.2 Å². The zero-order valence-electron chi connectivity index (χ0n) is 38.9. The zero-order chi connectivity index (χ0) is 48.5. The molecule has 2 saturated heterocycles. The summed E-state index contributed by atoms with van der Waals surface area (Å²) in [5.41, 5.74) is 14.8. The summed E-state index contributed by atoms with van der Waals surface area (Å²) in [4.78, 5) is 43.6. The number of aromatic nitrogens is 8. The van der Waals surface area contributed by atoms with Gasteiger partial charge in [0, 0.05) is 121 Å². The van der Waals surface area contributed by atoms with Crippen LogP contribution in [0.3, 0.4) is 0 Å². The van der Waals surface area contributed by atoms with Gasteiger partial charge >= 0.3 is 0 Å². The Hall–Kier alpha value is -4.57. The minimum atomic E-state index is -3.23. The lowest BCUT2D eigenvalue weighted by atomic mass is 9.92. The highest BCUT2D eigenvalue weighted by Gasteiger charge is 2.45. The third-order valence-corrected chi connectivity index (χ3v) is 16.1. The number of piperidine rings is 2. The molecule has 6 aromatic rings. The number of H-pyrrole nitrogens is 2. The number of nitrogens with zero attached hydrogens (tertiary/aromatic N) is 10. The first-order valence-corrected chi connectivity index (χ1v) is 28.8. The molecule has 23 heteroatoms. The number of fused-ring (bicyclic) bond motifs is 8. The Kier molecular flexibility index (Phi) is 13.2. The molecule has 0 amide bonds. The number of nitrogens with two attached hydrogens (primary N) is 1. The summed E-state index contributed by atoms with van der Waals surface area (Å²) in [5, 5.41) is 3.10. The monoisotopic (exact) mass is 1040 g/mol. The van der Waals surface area contributed by atoms with Crippen molar-refractivity contribution in [2.45, 2.75) is 89.6 Å². The molecule has 10 heterocycles. The van der Waals surface area contributed by atoms with E-state index in [0.29, 0.717) is 40.8 Å². The standard InChI is InChI=1S/C23H28ClN7O2S.C22H26ClN7.CH3ClO2S/c1-13-7-18-17(11-31(13)19-8-20(24)28-22-16(19)5-6-25-22)23(27-12-26-18)30-9-14-3-4-15(10-30)21(14)29-34(2,32)33;1-12-6-17-16(10-30(12)18-7-19(23)28-21-15(18)4-5-25-21)22(27-11-26-17)29-8-13-2-3-14(9-29)20(13)24;1-5(2,3)4/h5-6,8,12-15,21,29H,3-4,7,9-11H2,1-2H3,(H,25,28);4-5,7,11-14,20H,2-3,6,8-10,24H2,1H3,(H,25,28);1H3/t13-,14-,15+,21?;12-,13-,14+,20?;/m11./s1. The summed E-state index contributed by atoms with van der Waals surface area (Å²) in [5.74, 6) is 3.79. The van der Waals surface area contributed by atoms with Crippen LogP contribution in [0.15, 0.2) is 49.3 Å². The third kappa shape index (κ3) is 10.0. The highest BCUT2D eigenvalue weighted by atomic mass is 35.7. The quantitative estimate of drug-likeness (QED) is 0.110. The molecule has 12 rings (SSSR count). The van der Waals surface area contributed by atoms with Crippen LogP contribution in [0.4, 0.5) is 23.0 Å². The molecular weight excluding hydrogens is 983 g/mol. The number of hydrogen-bond acceptors (Lipinski definition) is 15. The predicted molar refractivity (Wildman–Crippen MR) is 272 cm³/mol. The number of halogens is 3. The average molecular weight is 1040 g/mol. The molecule has 2 saturated carbocycles. The van der Waals surface area contributed by atoms with Gasteiger partial charge in [0.15, 0.2) is 0 Å². The van der Waals surface area contributed by atoms with Gasteiger partial charge in [-0.15, -0.1) is 0 Å². The second kappa shape index (κ2) is 18.9. The molecule has 0 radical (unpaired) electrons. The summed E-state index contributed by atoms with van der Waals surface area (Å²) in [6.45, 7) is 9.50. The molecule has 2 aliphatic carbocycles. The van der Waals surface area contributed by atoms with E-state index in [1.54, 1.807) is 12.7 Å². The van der Waals surface area contributed by atoms with Crippen molar-refractivity contribution in [1.82, 2.24) is 44.6 Å². The Bertz CT molecular complexity index is 3090. The van der Waals surface area contributed by atoms with Crippen molar-refractivity contribution in [3.05, 3.63) is 82.1 Å². The molecule has 5 N–H and O–H groups in total. The molecule has 8 atom stereocenters. The second-order valence-corrected chi connectivity index (χ2v) is 25.3. The van der Waals surface area contributed by atoms with E-state index in [2.05, 4.69) is 84.8 Å². The van der Waals surface area contributed by atoms with Crippen molar-refractivity contribution < 1.29 is 16.8 Å². The number of anilines is 4. The maximum absolute atomic E-state index is 11.9. The highest BCUT2D eigenvalue weighted by Crippen LogP contribution is 2.43. The second-order valence-electron chi connectivity index (χ2n) is 19.7. The first-order chi connectivity index (χ1) is 32.8. The van der Waals surface area contributed by atoms with Gasteiger partial charge in [0.05, 0.1) is 35.3 Å². The largest absolute Gasteiger partial charge is 0.363 e. The first-order valence-electron chi connectivity index (χ1n) is 23.4. The highest BCUT2D eigenvalue weighted by molar-refractivity contribution is 8.13. The molecule has 4 aliphatic heterocycles. The molecule has 4 fully saturated rings. The Morgan fingerprint density at radius 1 is 0.667 bits per heavy atom.